The monoisotopic (exact) mass is 263 g/mol. The highest BCUT2D eigenvalue weighted by atomic mass is 16.5. The molecule has 0 atom stereocenters. The third kappa shape index (κ3) is 14.5. The highest BCUT2D eigenvalue weighted by Gasteiger charge is 1.92. The maximum atomic E-state index is 5.58. The van der Waals surface area contributed by atoms with Crippen molar-refractivity contribution in [2.24, 2.45) is 0 Å². The fourth-order valence-electron chi connectivity index (χ4n) is 1.26. The minimum absolute atomic E-state index is 0.834. The number of aryl methyl sites for hydroxylation is 1. The maximum Gasteiger partial charge on any atom is 0.0462 e. The van der Waals surface area contributed by atoms with Gasteiger partial charge in [-0.1, -0.05) is 26.0 Å². The lowest BCUT2D eigenvalue weighted by atomic mass is 10.1. The van der Waals surface area contributed by atoms with Crippen molar-refractivity contribution >= 4 is 5.69 Å². The Kier molecular flexibility index (Phi) is 17.3. The smallest absolute Gasteiger partial charge is 0.0462 e. The lowest BCUT2D eigenvalue weighted by Crippen LogP contribution is -1.92. The summed E-state index contributed by atoms with van der Waals surface area (Å²) in [7, 11) is 1.74. The van der Waals surface area contributed by atoms with E-state index in [0.29, 0.717) is 0 Å². The van der Waals surface area contributed by atoms with Gasteiger partial charge in [0.2, 0.25) is 0 Å². The van der Waals surface area contributed by atoms with Crippen LogP contribution in [0.15, 0.2) is 24.3 Å². The highest BCUT2D eigenvalue weighted by Crippen LogP contribution is 2.08. The molecule has 0 radical (unpaired) electrons. The Morgan fingerprint density at radius 1 is 1.00 bits per heavy atom. The number of hydrogen-bond acceptors (Lipinski definition) is 2. The molecule has 0 aliphatic rings. The molecule has 2 N–H and O–H groups in total. The molecule has 0 saturated carbocycles. The number of unbranched alkanes of at least 4 members (excludes halogenated alkanes) is 1. The minimum Gasteiger partial charge on any atom is -0.399 e. The topological polar surface area (TPSA) is 35.2 Å². The highest BCUT2D eigenvalue weighted by molar-refractivity contribution is 5.39. The van der Waals surface area contributed by atoms with E-state index in [1.807, 2.05) is 39.8 Å². The van der Waals surface area contributed by atoms with Gasteiger partial charge in [-0.05, 0) is 50.8 Å². The molecule has 0 heterocycles. The van der Waals surface area contributed by atoms with Crippen LogP contribution in [0.3, 0.4) is 0 Å². The van der Waals surface area contributed by atoms with Gasteiger partial charge in [-0.2, -0.15) is 0 Å². The number of nitrogens with two attached hydrogens (primary N) is 1. The van der Waals surface area contributed by atoms with Crippen LogP contribution < -0.4 is 5.73 Å². The third-order valence-corrected chi connectivity index (χ3v) is 2.29. The van der Waals surface area contributed by atoms with Crippen LogP contribution in [0.25, 0.3) is 0 Å². The molecular weight excluding hydrogens is 234 g/mol. The summed E-state index contributed by atoms with van der Waals surface area (Å²) in [6, 6.07) is 8.07. The largest absolute Gasteiger partial charge is 0.399 e. The zero-order chi connectivity index (χ0) is 14.9. The van der Waals surface area contributed by atoms with Gasteiger partial charge in [0.1, 0.15) is 0 Å². The van der Waals surface area contributed by atoms with E-state index in [1.165, 1.54) is 12.0 Å². The maximum absolute atomic E-state index is 5.58. The molecule has 0 amide bonds. The van der Waals surface area contributed by atoms with Crippen molar-refractivity contribution in [1.29, 1.82) is 0 Å². The predicted octanol–water partition coefficient (Wildman–Crippen LogP) is 4.29. The average molecular weight is 263 g/mol. The van der Waals surface area contributed by atoms with E-state index >= 15 is 0 Å². The molecule has 108 valence electrons. The molecule has 19 heavy (non-hydrogen) atoms. The van der Waals surface area contributed by atoms with E-state index in [9.17, 15) is 0 Å². The molecule has 0 spiro atoms. The second-order valence-corrected chi connectivity index (χ2v) is 3.69. The zero-order valence-electron chi connectivity index (χ0n) is 13.1. The fraction of sp³-hybridized carbons (Fsp3) is 0.529. The molecule has 1 rings (SSSR count). The van der Waals surface area contributed by atoms with Gasteiger partial charge in [0, 0.05) is 19.4 Å². The van der Waals surface area contributed by atoms with E-state index in [4.69, 9.17) is 10.5 Å². The molecule has 0 saturated heterocycles. The van der Waals surface area contributed by atoms with E-state index in [2.05, 4.69) is 24.0 Å². The van der Waals surface area contributed by atoms with Crippen LogP contribution in [-0.2, 0) is 11.2 Å². The van der Waals surface area contributed by atoms with E-state index in [1.54, 1.807) is 7.11 Å². The molecule has 1 aromatic rings. The van der Waals surface area contributed by atoms with Crippen molar-refractivity contribution in [3.8, 4) is 11.8 Å². The van der Waals surface area contributed by atoms with Gasteiger partial charge >= 0.3 is 0 Å². The molecular formula is C17H29NO. The van der Waals surface area contributed by atoms with Gasteiger partial charge in [0.15, 0.2) is 0 Å². The minimum atomic E-state index is 0.834. The first-order chi connectivity index (χ1) is 9.24. The summed E-state index contributed by atoms with van der Waals surface area (Å²) in [4.78, 5) is 0. The summed E-state index contributed by atoms with van der Waals surface area (Å²) in [5.41, 5.74) is 7.77. The van der Waals surface area contributed by atoms with E-state index < -0.39 is 0 Å². The molecule has 0 aliphatic heterocycles. The first kappa shape index (κ1) is 19.9. The van der Waals surface area contributed by atoms with Crippen LogP contribution >= 0.6 is 0 Å². The molecule has 0 aliphatic carbocycles. The first-order valence-electron chi connectivity index (χ1n) is 6.91. The van der Waals surface area contributed by atoms with Gasteiger partial charge in [0.05, 0.1) is 0 Å². The molecule has 0 bridgehead atoms. The second kappa shape index (κ2) is 16.5. The van der Waals surface area contributed by atoms with Crippen molar-refractivity contribution in [3.63, 3.8) is 0 Å². The summed E-state index contributed by atoms with van der Waals surface area (Å²) >= 11 is 0. The van der Waals surface area contributed by atoms with Crippen LogP contribution in [0.4, 0.5) is 5.69 Å². The molecule has 0 unspecified atom stereocenters. The summed E-state index contributed by atoms with van der Waals surface area (Å²) in [5, 5.41) is 0. The Hall–Kier alpha value is -1.46. The SMILES string of the molecule is CC.CC#CC.COCCCCc1ccc(N)cc1. The Balaban J connectivity index is 0. The van der Waals surface area contributed by atoms with E-state index in [0.717, 1.165) is 25.1 Å². The Bertz CT molecular complexity index is 327. The van der Waals surface area contributed by atoms with Gasteiger partial charge in [-0.25, -0.2) is 0 Å². The lowest BCUT2D eigenvalue weighted by molar-refractivity contribution is 0.193. The number of hydrogen-bond donors (Lipinski definition) is 1. The molecule has 2 heteroatoms. The standard InChI is InChI=1S/C11H17NO.C4H6.C2H6/c1-13-9-3-2-4-10-5-7-11(12)8-6-10;1-3-4-2;1-2/h5-8H,2-4,9,12H2,1H3;1-2H3;1-2H3. The van der Waals surface area contributed by atoms with Gasteiger partial charge in [-0.3, -0.25) is 0 Å². The molecule has 0 fully saturated rings. The molecule has 2 nitrogen and oxygen atoms in total. The number of nitrogen functional groups attached to an aromatic ring is 1. The fourth-order valence-corrected chi connectivity index (χ4v) is 1.26. The Morgan fingerprint density at radius 2 is 1.53 bits per heavy atom. The van der Waals surface area contributed by atoms with Crippen molar-refractivity contribution in [2.45, 2.75) is 47.0 Å². The number of benzene rings is 1. The zero-order valence-corrected chi connectivity index (χ0v) is 13.1. The number of methoxy groups -OCH3 is 1. The average Bonchev–Trinajstić information content (AvgIpc) is 2.48. The molecule has 1 aromatic carbocycles. The van der Waals surface area contributed by atoms with Crippen molar-refractivity contribution in [2.75, 3.05) is 19.5 Å². The number of anilines is 1. The third-order valence-electron chi connectivity index (χ3n) is 2.29. The lowest BCUT2D eigenvalue weighted by Gasteiger charge is -2.01. The summed E-state index contributed by atoms with van der Waals surface area (Å²) in [6.07, 6.45) is 3.42. The van der Waals surface area contributed by atoms with Crippen LogP contribution in [0, 0.1) is 11.8 Å². The van der Waals surface area contributed by atoms with Crippen LogP contribution in [0.2, 0.25) is 0 Å². The Morgan fingerprint density at radius 3 is 1.95 bits per heavy atom. The normalized spacial score (nSPS) is 8.05. The van der Waals surface area contributed by atoms with Crippen molar-refractivity contribution in [3.05, 3.63) is 29.8 Å². The predicted molar refractivity (Wildman–Crippen MR) is 86.1 cm³/mol. The summed E-state index contributed by atoms with van der Waals surface area (Å²) in [5.74, 6) is 5.36. The number of ether oxygens (including phenoxy) is 1. The summed E-state index contributed by atoms with van der Waals surface area (Å²) in [6.45, 7) is 8.50. The van der Waals surface area contributed by atoms with Crippen molar-refractivity contribution < 1.29 is 4.74 Å². The van der Waals surface area contributed by atoms with Crippen LogP contribution in [0.1, 0.15) is 46.1 Å². The van der Waals surface area contributed by atoms with Crippen LogP contribution in [-0.4, -0.2) is 13.7 Å². The second-order valence-electron chi connectivity index (χ2n) is 3.69. The first-order valence-corrected chi connectivity index (χ1v) is 6.91. The quantitative estimate of drug-likeness (QED) is 0.488. The summed E-state index contributed by atoms with van der Waals surface area (Å²) < 4.78 is 4.98. The van der Waals surface area contributed by atoms with Gasteiger partial charge in [0.25, 0.3) is 0 Å². The van der Waals surface area contributed by atoms with E-state index in [-0.39, 0.29) is 0 Å². The molecule has 0 aromatic heterocycles. The van der Waals surface area contributed by atoms with Gasteiger partial charge < -0.3 is 10.5 Å². The van der Waals surface area contributed by atoms with Gasteiger partial charge in [-0.15, -0.1) is 11.8 Å². The Labute approximate surface area is 119 Å². The van der Waals surface area contributed by atoms with Crippen LogP contribution in [0.5, 0.6) is 0 Å². The number of rotatable bonds is 5. The van der Waals surface area contributed by atoms with Crippen molar-refractivity contribution in [1.82, 2.24) is 0 Å².